The molecule has 1 saturated heterocycles. The van der Waals surface area contributed by atoms with Crippen molar-refractivity contribution < 1.29 is 14.3 Å². The van der Waals surface area contributed by atoms with Gasteiger partial charge in [0.05, 0.1) is 13.2 Å². The molecule has 1 fully saturated rings. The lowest BCUT2D eigenvalue weighted by Crippen LogP contribution is -2.42. The van der Waals surface area contributed by atoms with Crippen LogP contribution in [-0.2, 0) is 4.79 Å². The Kier molecular flexibility index (Phi) is 7.18. The van der Waals surface area contributed by atoms with Crippen molar-refractivity contribution in [2.45, 2.75) is 31.9 Å². The molecule has 150 valence electrons. The number of methoxy groups -OCH3 is 1. The molecule has 1 aliphatic rings. The maximum Gasteiger partial charge on any atom is 0.260 e. The molecule has 0 bridgehead atoms. The van der Waals surface area contributed by atoms with E-state index >= 15 is 0 Å². The summed E-state index contributed by atoms with van der Waals surface area (Å²) in [6, 6.07) is 15.2. The van der Waals surface area contributed by atoms with Gasteiger partial charge in [-0.05, 0) is 74.8 Å². The molecule has 5 nitrogen and oxygen atoms in total. The fourth-order valence-corrected chi connectivity index (χ4v) is 3.60. The molecule has 0 unspecified atom stereocenters. The molecule has 1 amide bonds. The quantitative estimate of drug-likeness (QED) is 0.723. The number of likely N-dealkylation sites (tertiary alicyclic amines) is 1. The Morgan fingerprint density at radius 3 is 2.54 bits per heavy atom. The third-order valence-corrected chi connectivity index (χ3v) is 5.28. The third kappa shape index (κ3) is 5.40. The highest BCUT2D eigenvalue weighted by molar-refractivity contribution is 6.30. The van der Waals surface area contributed by atoms with Crippen molar-refractivity contribution in [1.29, 1.82) is 0 Å². The summed E-state index contributed by atoms with van der Waals surface area (Å²) in [6.45, 7) is 4.35. The Balaban J connectivity index is 1.63. The number of amides is 1. The summed E-state index contributed by atoms with van der Waals surface area (Å²) >= 11 is 5.89. The van der Waals surface area contributed by atoms with Crippen molar-refractivity contribution in [2.24, 2.45) is 0 Å². The zero-order valence-corrected chi connectivity index (χ0v) is 17.1. The minimum Gasteiger partial charge on any atom is -0.497 e. The van der Waals surface area contributed by atoms with E-state index in [-0.39, 0.29) is 11.9 Å². The molecule has 1 aliphatic heterocycles. The zero-order valence-electron chi connectivity index (χ0n) is 16.4. The van der Waals surface area contributed by atoms with Crippen LogP contribution in [0, 0.1) is 0 Å². The molecular formula is C22H27ClN2O3. The number of ether oxygens (including phenoxy) is 2. The molecule has 1 N–H and O–H groups in total. The van der Waals surface area contributed by atoms with Gasteiger partial charge in [-0.3, -0.25) is 9.69 Å². The lowest BCUT2D eigenvalue weighted by Gasteiger charge is -2.29. The predicted octanol–water partition coefficient (Wildman–Crippen LogP) is 4.07. The fourth-order valence-electron chi connectivity index (χ4n) is 3.47. The first-order chi connectivity index (χ1) is 13.6. The van der Waals surface area contributed by atoms with Gasteiger partial charge < -0.3 is 14.8 Å². The molecule has 0 aliphatic carbocycles. The molecule has 3 rings (SSSR count). The van der Waals surface area contributed by atoms with Crippen molar-refractivity contribution in [2.75, 3.05) is 26.7 Å². The number of hydrogen-bond acceptors (Lipinski definition) is 4. The van der Waals surface area contributed by atoms with E-state index in [0.717, 1.165) is 24.4 Å². The highest BCUT2D eigenvalue weighted by Gasteiger charge is 2.25. The number of hydrogen-bond donors (Lipinski definition) is 1. The fraction of sp³-hybridized carbons (Fsp3) is 0.409. The molecule has 28 heavy (non-hydrogen) atoms. The number of carbonyl (C=O) groups is 1. The van der Waals surface area contributed by atoms with E-state index in [1.807, 2.05) is 18.2 Å². The molecule has 2 aromatic rings. The van der Waals surface area contributed by atoms with Crippen LogP contribution in [-0.4, -0.2) is 43.7 Å². The standard InChI is InChI=1S/C22H27ClN2O3/c1-16(28-19-10-8-18(23)9-11-19)22(26)24-15-21(25-12-3-4-13-25)17-6-5-7-20(14-17)27-2/h5-11,14,16,21H,3-4,12-13,15H2,1-2H3,(H,24,26)/t16-,21+/m1/s1. The molecule has 1 heterocycles. The van der Waals surface area contributed by atoms with E-state index in [1.165, 1.54) is 12.8 Å². The average Bonchev–Trinajstić information content (AvgIpc) is 3.24. The van der Waals surface area contributed by atoms with E-state index in [0.29, 0.717) is 17.3 Å². The van der Waals surface area contributed by atoms with Gasteiger partial charge in [0, 0.05) is 11.6 Å². The van der Waals surface area contributed by atoms with Crippen LogP contribution in [0.3, 0.4) is 0 Å². The Morgan fingerprint density at radius 2 is 1.86 bits per heavy atom. The van der Waals surface area contributed by atoms with Gasteiger partial charge in [-0.1, -0.05) is 23.7 Å². The van der Waals surface area contributed by atoms with Crippen LogP contribution in [0.5, 0.6) is 11.5 Å². The van der Waals surface area contributed by atoms with Crippen LogP contribution < -0.4 is 14.8 Å². The Bertz CT molecular complexity index is 776. The van der Waals surface area contributed by atoms with E-state index in [9.17, 15) is 4.79 Å². The summed E-state index contributed by atoms with van der Waals surface area (Å²) in [6.07, 6.45) is 1.78. The van der Waals surface area contributed by atoms with E-state index in [1.54, 1.807) is 38.3 Å². The van der Waals surface area contributed by atoms with Gasteiger partial charge in [0.25, 0.3) is 5.91 Å². The van der Waals surface area contributed by atoms with Gasteiger partial charge >= 0.3 is 0 Å². The minimum atomic E-state index is -0.592. The first kappa shape index (κ1) is 20.5. The first-order valence-electron chi connectivity index (χ1n) is 9.65. The topological polar surface area (TPSA) is 50.8 Å². The number of halogens is 1. The summed E-state index contributed by atoms with van der Waals surface area (Å²) in [5.41, 5.74) is 1.15. The van der Waals surface area contributed by atoms with Gasteiger partial charge in [-0.15, -0.1) is 0 Å². The van der Waals surface area contributed by atoms with Crippen LogP contribution >= 0.6 is 11.6 Å². The van der Waals surface area contributed by atoms with Crippen LogP contribution in [0.15, 0.2) is 48.5 Å². The number of carbonyl (C=O) groups excluding carboxylic acids is 1. The van der Waals surface area contributed by atoms with Crippen molar-refractivity contribution >= 4 is 17.5 Å². The second kappa shape index (κ2) is 9.80. The predicted molar refractivity (Wildman–Crippen MR) is 111 cm³/mol. The Hall–Kier alpha value is -2.24. The number of nitrogens with zero attached hydrogens (tertiary/aromatic N) is 1. The van der Waals surface area contributed by atoms with Crippen LogP contribution in [0.2, 0.25) is 5.02 Å². The average molecular weight is 403 g/mol. The lowest BCUT2D eigenvalue weighted by molar-refractivity contribution is -0.127. The smallest absolute Gasteiger partial charge is 0.260 e. The minimum absolute atomic E-state index is 0.115. The second-order valence-corrected chi connectivity index (χ2v) is 7.43. The molecule has 2 aromatic carbocycles. The highest BCUT2D eigenvalue weighted by atomic mass is 35.5. The SMILES string of the molecule is COc1cccc([C@H](CNC(=O)[C@@H](C)Oc2ccc(Cl)cc2)N2CCCC2)c1. The Morgan fingerprint density at radius 1 is 1.14 bits per heavy atom. The number of nitrogens with one attached hydrogen (secondary N) is 1. The molecule has 6 heteroatoms. The van der Waals surface area contributed by atoms with E-state index in [2.05, 4.69) is 16.3 Å². The van der Waals surface area contributed by atoms with E-state index < -0.39 is 6.10 Å². The molecular weight excluding hydrogens is 376 g/mol. The monoisotopic (exact) mass is 402 g/mol. The molecule has 0 spiro atoms. The van der Waals surface area contributed by atoms with Crippen molar-refractivity contribution in [3.05, 3.63) is 59.1 Å². The summed E-state index contributed by atoms with van der Waals surface area (Å²) in [5.74, 6) is 1.31. The van der Waals surface area contributed by atoms with Crippen LogP contribution in [0.25, 0.3) is 0 Å². The largest absolute Gasteiger partial charge is 0.497 e. The number of benzene rings is 2. The molecule has 0 saturated carbocycles. The van der Waals surface area contributed by atoms with Gasteiger partial charge in [-0.25, -0.2) is 0 Å². The maximum absolute atomic E-state index is 12.6. The maximum atomic E-state index is 12.6. The van der Waals surface area contributed by atoms with Crippen LogP contribution in [0.1, 0.15) is 31.4 Å². The normalized spacial score (nSPS) is 16.4. The zero-order chi connectivity index (χ0) is 19.9. The lowest BCUT2D eigenvalue weighted by atomic mass is 10.0. The van der Waals surface area contributed by atoms with Gasteiger partial charge in [0.15, 0.2) is 6.10 Å². The van der Waals surface area contributed by atoms with Crippen molar-refractivity contribution in [1.82, 2.24) is 10.2 Å². The van der Waals surface area contributed by atoms with E-state index in [4.69, 9.17) is 21.1 Å². The summed E-state index contributed by atoms with van der Waals surface area (Å²) in [7, 11) is 1.67. The summed E-state index contributed by atoms with van der Waals surface area (Å²) in [4.78, 5) is 15.0. The molecule has 0 radical (unpaired) electrons. The third-order valence-electron chi connectivity index (χ3n) is 5.03. The number of rotatable bonds is 8. The Labute approximate surface area is 171 Å². The van der Waals surface area contributed by atoms with Crippen molar-refractivity contribution in [3.63, 3.8) is 0 Å². The van der Waals surface area contributed by atoms with Gasteiger partial charge in [-0.2, -0.15) is 0 Å². The van der Waals surface area contributed by atoms with Crippen LogP contribution in [0.4, 0.5) is 0 Å². The first-order valence-corrected chi connectivity index (χ1v) is 10.0. The van der Waals surface area contributed by atoms with Crippen molar-refractivity contribution in [3.8, 4) is 11.5 Å². The summed E-state index contributed by atoms with van der Waals surface area (Å²) in [5, 5.41) is 3.69. The molecule has 0 aromatic heterocycles. The van der Waals surface area contributed by atoms with Gasteiger partial charge in [0.2, 0.25) is 0 Å². The summed E-state index contributed by atoms with van der Waals surface area (Å²) < 4.78 is 11.1. The highest BCUT2D eigenvalue weighted by Crippen LogP contribution is 2.27. The molecule has 2 atom stereocenters. The second-order valence-electron chi connectivity index (χ2n) is 6.99. The van der Waals surface area contributed by atoms with Gasteiger partial charge in [0.1, 0.15) is 11.5 Å².